The van der Waals surface area contributed by atoms with Gasteiger partial charge in [-0.05, 0) is 66.3 Å². The van der Waals surface area contributed by atoms with Crippen molar-refractivity contribution in [2.75, 3.05) is 11.9 Å². The molecule has 0 spiro atoms. The maximum Gasteiger partial charge on any atom is 0.250 e. The van der Waals surface area contributed by atoms with Crippen molar-refractivity contribution < 1.29 is 9.53 Å². The van der Waals surface area contributed by atoms with Crippen molar-refractivity contribution in [2.45, 2.75) is 20.3 Å². The first kappa shape index (κ1) is 19.1. The van der Waals surface area contributed by atoms with Gasteiger partial charge in [0, 0.05) is 16.6 Å². The summed E-state index contributed by atoms with van der Waals surface area (Å²) in [7, 11) is 0. The minimum absolute atomic E-state index is 0.259. The molecule has 0 saturated heterocycles. The second kappa shape index (κ2) is 9.96. The van der Waals surface area contributed by atoms with Crippen LogP contribution in [0.1, 0.15) is 25.1 Å². The summed E-state index contributed by atoms with van der Waals surface area (Å²) in [4.78, 5) is 12.8. The number of benzene rings is 1. The SMILES string of the molecule is CC(C)CCOc1ccc(NC(=S)NC(=O)/C=C/c2cccs2)cc1. The lowest BCUT2D eigenvalue weighted by Gasteiger charge is -2.10. The summed E-state index contributed by atoms with van der Waals surface area (Å²) in [6, 6.07) is 11.4. The van der Waals surface area contributed by atoms with Crippen molar-refractivity contribution in [3.63, 3.8) is 0 Å². The van der Waals surface area contributed by atoms with E-state index in [2.05, 4.69) is 24.5 Å². The maximum atomic E-state index is 11.8. The van der Waals surface area contributed by atoms with E-state index in [0.717, 1.165) is 22.7 Å². The summed E-state index contributed by atoms with van der Waals surface area (Å²) in [5.74, 6) is 1.18. The molecule has 2 rings (SSSR count). The van der Waals surface area contributed by atoms with Gasteiger partial charge in [-0.25, -0.2) is 0 Å². The normalized spacial score (nSPS) is 10.8. The Balaban J connectivity index is 1.77. The summed E-state index contributed by atoms with van der Waals surface area (Å²) >= 11 is 6.72. The summed E-state index contributed by atoms with van der Waals surface area (Å²) < 4.78 is 5.67. The van der Waals surface area contributed by atoms with Crippen LogP contribution in [0.25, 0.3) is 6.08 Å². The fourth-order valence-corrected chi connectivity index (χ4v) is 2.74. The molecule has 0 saturated carbocycles. The lowest BCUT2D eigenvalue weighted by Crippen LogP contribution is -2.32. The first-order valence-electron chi connectivity index (χ1n) is 8.09. The number of nitrogens with one attached hydrogen (secondary N) is 2. The quantitative estimate of drug-likeness (QED) is 0.545. The van der Waals surface area contributed by atoms with Gasteiger partial charge >= 0.3 is 0 Å². The number of hydrogen-bond donors (Lipinski definition) is 2. The summed E-state index contributed by atoms with van der Waals surface area (Å²) in [5.41, 5.74) is 0.795. The highest BCUT2D eigenvalue weighted by Gasteiger charge is 2.03. The highest BCUT2D eigenvalue weighted by molar-refractivity contribution is 7.80. The first-order valence-corrected chi connectivity index (χ1v) is 9.38. The second-order valence-electron chi connectivity index (χ2n) is 5.85. The molecule has 0 bridgehead atoms. The first-order chi connectivity index (χ1) is 12.0. The third-order valence-corrected chi connectivity index (χ3v) is 4.30. The number of ether oxygens (including phenoxy) is 1. The van der Waals surface area contributed by atoms with Crippen LogP contribution in [0.15, 0.2) is 47.9 Å². The molecule has 0 atom stereocenters. The van der Waals surface area contributed by atoms with Crippen LogP contribution in [0.2, 0.25) is 0 Å². The fraction of sp³-hybridized carbons (Fsp3) is 0.263. The molecule has 6 heteroatoms. The van der Waals surface area contributed by atoms with E-state index in [1.807, 2.05) is 41.8 Å². The van der Waals surface area contributed by atoms with Gasteiger partial charge < -0.3 is 10.1 Å². The van der Waals surface area contributed by atoms with Crippen LogP contribution in [-0.4, -0.2) is 17.6 Å². The van der Waals surface area contributed by atoms with Crippen molar-refractivity contribution in [3.8, 4) is 5.75 Å². The third-order valence-electron chi connectivity index (χ3n) is 3.26. The molecule has 0 aliphatic heterocycles. The van der Waals surface area contributed by atoms with Crippen LogP contribution in [0, 0.1) is 5.92 Å². The van der Waals surface area contributed by atoms with E-state index in [9.17, 15) is 4.79 Å². The number of carbonyl (C=O) groups excluding carboxylic acids is 1. The van der Waals surface area contributed by atoms with Gasteiger partial charge in [0.25, 0.3) is 0 Å². The molecular formula is C19H22N2O2S2. The third kappa shape index (κ3) is 7.49. The standard InChI is InChI=1S/C19H22N2O2S2/c1-14(2)11-12-23-16-7-5-15(6-8-16)20-19(24)21-18(22)10-9-17-4-3-13-25-17/h3-10,13-14H,11-12H2,1-2H3,(H2,20,21,22,24)/b10-9+. The number of amides is 1. The molecule has 1 aromatic heterocycles. The molecule has 2 aromatic rings. The molecule has 1 amide bonds. The number of anilines is 1. The zero-order valence-electron chi connectivity index (χ0n) is 14.3. The fourth-order valence-electron chi connectivity index (χ4n) is 1.91. The Morgan fingerprint density at radius 1 is 1.28 bits per heavy atom. The topological polar surface area (TPSA) is 50.4 Å². The highest BCUT2D eigenvalue weighted by Crippen LogP contribution is 2.16. The van der Waals surface area contributed by atoms with Crippen molar-refractivity contribution in [3.05, 3.63) is 52.7 Å². The summed E-state index contributed by atoms with van der Waals surface area (Å²) in [6.07, 6.45) is 4.24. The monoisotopic (exact) mass is 374 g/mol. The van der Waals surface area contributed by atoms with Crippen molar-refractivity contribution >= 4 is 46.3 Å². The van der Waals surface area contributed by atoms with Crippen LogP contribution < -0.4 is 15.4 Å². The molecule has 1 aromatic carbocycles. The number of thiophene rings is 1. The van der Waals surface area contributed by atoms with Gasteiger partial charge in [0.2, 0.25) is 5.91 Å². The van der Waals surface area contributed by atoms with E-state index in [0.29, 0.717) is 12.5 Å². The smallest absolute Gasteiger partial charge is 0.250 e. The van der Waals surface area contributed by atoms with Crippen LogP contribution in [0.3, 0.4) is 0 Å². The number of rotatable bonds is 7. The minimum atomic E-state index is -0.264. The zero-order valence-corrected chi connectivity index (χ0v) is 16.0. The number of carbonyl (C=O) groups is 1. The molecule has 0 unspecified atom stereocenters. The lowest BCUT2D eigenvalue weighted by atomic mass is 10.1. The van der Waals surface area contributed by atoms with E-state index in [-0.39, 0.29) is 11.0 Å². The van der Waals surface area contributed by atoms with Crippen molar-refractivity contribution in [1.82, 2.24) is 5.32 Å². The van der Waals surface area contributed by atoms with Gasteiger partial charge in [0.15, 0.2) is 5.11 Å². The van der Waals surface area contributed by atoms with Gasteiger partial charge in [-0.15, -0.1) is 11.3 Å². The van der Waals surface area contributed by atoms with E-state index >= 15 is 0 Å². The number of thiocarbonyl (C=S) groups is 1. The van der Waals surface area contributed by atoms with Gasteiger partial charge in [-0.3, -0.25) is 10.1 Å². The molecule has 2 N–H and O–H groups in total. The Labute approximate surface area is 157 Å². The molecule has 25 heavy (non-hydrogen) atoms. The molecule has 4 nitrogen and oxygen atoms in total. The largest absolute Gasteiger partial charge is 0.494 e. The molecule has 1 heterocycles. The van der Waals surface area contributed by atoms with Gasteiger partial charge in [0.05, 0.1) is 6.61 Å². The molecule has 0 fully saturated rings. The van der Waals surface area contributed by atoms with Gasteiger partial charge in [-0.2, -0.15) is 0 Å². The summed E-state index contributed by atoms with van der Waals surface area (Å²) in [6.45, 7) is 5.04. The van der Waals surface area contributed by atoms with Crippen LogP contribution in [0.4, 0.5) is 5.69 Å². The van der Waals surface area contributed by atoms with Crippen molar-refractivity contribution in [1.29, 1.82) is 0 Å². The Hall–Kier alpha value is -2.18. The van der Waals surface area contributed by atoms with E-state index in [1.165, 1.54) is 6.08 Å². The Morgan fingerprint density at radius 2 is 2.04 bits per heavy atom. The van der Waals surface area contributed by atoms with Crippen LogP contribution >= 0.6 is 23.6 Å². The van der Waals surface area contributed by atoms with Gasteiger partial charge in [-0.1, -0.05) is 19.9 Å². The predicted molar refractivity (Wildman–Crippen MR) is 109 cm³/mol. The van der Waals surface area contributed by atoms with E-state index in [4.69, 9.17) is 17.0 Å². The highest BCUT2D eigenvalue weighted by atomic mass is 32.1. The second-order valence-corrected chi connectivity index (χ2v) is 7.24. The molecular weight excluding hydrogens is 352 g/mol. The summed E-state index contributed by atoms with van der Waals surface area (Å²) in [5, 5.41) is 7.82. The Bertz CT molecular complexity index is 708. The minimum Gasteiger partial charge on any atom is -0.494 e. The Kier molecular flexibility index (Phi) is 7.63. The van der Waals surface area contributed by atoms with Gasteiger partial charge in [0.1, 0.15) is 5.75 Å². The van der Waals surface area contributed by atoms with E-state index in [1.54, 1.807) is 17.4 Å². The molecule has 0 aliphatic carbocycles. The molecule has 0 aliphatic rings. The molecule has 0 radical (unpaired) electrons. The zero-order chi connectivity index (χ0) is 18.1. The molecule has 132 valence electrons. The average Bonchev–Trinajstić information content (AvgIpc) is 3.07. The Morgan fingerprint density at radius 3 is 2.68 bits per heavy atom. The number of hydrogen-bond acceptors (Lipinski definition) is 4. The van der Waals surface area contributed by atoms with E-state index < -0.39 is 0 Å². The van der Waals surface area contributed by atoms with Crippen molar-refractivity contribution in [2.24, 2.45) is 5.92 Å². The lowest BCUT2D eigenvalue weighted by molar-refractivity contribution is -0.115. The van der Waals surface area contributed by atoms with Crippen LogP contribution in [0.5, 0.6) is 5.75 Å². The average molecular weight is 375 g/mol. The maximum absolute atomic E-state index is 11.8. The predicted octanol–water partition coefficient (Wildman–Crippen LogP) is 4.70. The van der Waals surface area contributed by atoms with Crippen LogP contribution in [-0.2, 0) is 4.79 Å².